The zero-order valence-electron chi connectivity index (χ0n) is 24.7. The molecule has 0 spiro atoms. The maximum Gasteiger partial charge on any atom is 1.00 e. The number of carbonyl (C=O) groups excluding carboxylic acids is 1. The molecule has 4 rings (SSSR count). The second kappa shape index (κ2) is 25.3. The number of carbonyl (C=O) groups is 1. The van der Waals surface area contributed by atoms with Crippen LogP contribution in [0, 0.1) is 41.5 Å². The first-order valence-corrected chi connectivity index (χ1v) is 11.0. The SMILES string of the molecule is Cc1n[nH]c(C)n1.Cc1nc(Cl)cc(-n2nc(C)nc2C)n1.Cc1nc(Cl)cc(Cl)n1.O=CO[O-].[2H]CF.[Cs+].[Cs+].[H-]. The Bertz CT molecular complexity index is 1190. The van der Waals surface area contributed by atoms with E-state index in [-0.39, 0.29) is 146 Å². The molecule has 1 N–H and O–H groups in total. The molecule has 0 aliphatic carbocycles. The number of aryl methyl sites for hydroxylation is 6. The molecule has 0 bridgehead atoms. The van der Waals surface area contributed by atoms with E-state index in [0.717, 1.165) is 17.5 Å². The minimum Gasteiger partial charge on any atom is -1.00 e. The molecule has 0 aromatic carbocycles. The molecule has 4 aromatic heterocycles. The van der Waals surface area contributed by atoms with Gasteiger partial charge in [-0.25, -0.2) is 29.9 Å². The van der Waals surface area contributed by atoms with Crippen molar-refractivity contribution >= 4 is 41.3 Å². The van der Waals surface area contributed by atoms with Crippen LogP contribution >= 0.6 is 34.8 Å². The van der Waals surface area contributed by atoms with Gasteiger partial charge in [0.25, 0.3) is 6.47 Å². The molecule has 0 amide bonds. The molecule has 4 heterocycles. The molecular weight excluding hydrogens is 819 g/mol. The van der Waals surface area contributed by atoms with Crippen LogP contribution in [0.5, 0.6) is 0 Å². The first kappa shape index (κ1) is 41.9. The van der Waals surface area contributed by atoms with Crippen molar-refractivity contribution in [2.75, 3.05) is 7.15 Å². The maximum absolute atomic E-state index is 9.96. The molecule has 0 fully saturated rings. The number of rotatable bonds is 2. The average molecular weight is 847 g/mol. The van der Waals surface area contributed by atoms with Gasteiger partial charge in [-0.3, -0.25) is 14.3 Å². The summed E-state index contributed by atoms with van der Waals surface area (Å²) in [7, 11) is -1.00. The van der Waals surface area contributed by atoms with E-state index in [9.17, 15) is 4.39 Å². The quantitative estimate of drug-likeness (QED) is 0.0963. The van der Waals surface area contributed by atoms with E-state index >= 15 is 0 Å². The van der Waals surface area contributed by atoms with Crippen LogP contribution in [-0.4, -0.2) is 63.5 Å². The van der Waals surface area contributed by atoms with Gasteiger partial charge in [0.05, 0.1) is 8.52 Å². The molecule has 39 heavy (non-hydrogen) atoms. The number of hydrogen-bond donors (Lipinski definition) is 1. The summed E-state index contributed by atoms with van der Waals surface area (Å²) in [6.45, 7) is 10.8. The molecule has 0 aliphatic heterocycles. The van der Waals surface area contributed by atoms with Crippen molar-refractivity contribution in [3.05, 3.63) is 62.5 Å². The van der Waals surface area contributed by atoms with Gasteiger partial charge in [0.1, 0.15) is 50.4 Å². The Morgan fingerprint density at radius 3 is 1.64 bits per heavy atom. The largest absolute Gasteiger partial charge is 1.00 e. The van der Waals surface area contributed by atoms with Gasteiger partial charge in [0, 0.05) is 12.1 Å². The second-order valence-corrected chi connectivity index (χ2v) is 7.60. The number of aromatic nitrogens is 10. The smallest absolute Gasteiger partial charge is 1.00 e. The summed E-state index contributed by atoms with van der Waals surface area (Å²) in [5.74, 6) is 5.01. The molecule has 0 saturated carbocycles. The summed E-state index contributed by atoms with van der Waals surface area (Å²) in [5, 5.41) is 20.3. The molecule has 4 aromatic rings. The van der Waals surface area contributed by atoms with Crippen LogP contribution in [0.2, 0.25) is 15.5 Å². The molecule has 0 radical (unpaired) electrons. The van der Waals surface area contributed by atoms with Gasteiger partial charge in [-0.2, -0.15) is 9.78 Å². The number of nitrogens with one attached hydrogen (secondary N) is 1. The first-order chi connectivity index (χ1) is 17.9. The molecule has 0 aliphatic rings. The summed E-state index contributed by atoms with van der Waals surface area (Å²) in [6, 6.07) is 3.16. The number of aromatic amines is 1. The van der Waals surface area contributed by atoms with E-state index in [2.05, 4.69) is 50.1 Å². The van der Waals surface area contributed by atoms with E-state index in [1.165, 1.54) is 6.07 Å². The van der Waals surface area contributed by atoms with Crippen LogP contribution in [0.15, 0.2) is 12.1 Å². The van der Waals surface area contributed by atoms with Crippen molar-refractivity contribution < 1.29 is 160 Å². The van der Waals surface area contributed by atoms with Crippen LogP contribution in [-0.2, 0) is 9.68 Å². The van der Waals surface area contributed by atoms with E-state index in [4.69, 9.17) is 46.2 Å². The number of halogens is 4. The Hall–Kier alpha value is 0.774. The molecule has 0 unspecified atom stereocenters. The van der Waals surface area contributed by atoms with Crippen molar-refractivity contribution in [1.82, 2.24) is 49.9 Å². The summed E-state index contributed by atoms with van der Waals surface area (Å²) >= 11 is 16.9. The Morgan fingerprint density at radius 1 is 0.897 bits per heavy atom. The molecule has 0 atom stereocenters. The predicted molar refractivity (Wildman–Crippen MR) is 134 cm³/mol. The molecular formula is C20H26Cl3Cs2FN10O3. The molecule has 19 heteroatoms. The summed E-state index contributed by atoms with van der Waals surface area (Å²) in [5.41, 5.74) is 0. The van der Waals surface area contributed by atoms with Gasteiger partial charge in [0.15, 0.2) is 5.82 Å². The maximum atomic E-state index is 9.96. The van der Waals surface area contributed by atoms with Gasteiger partial charge in [-0.1, -0.05) is 34.8 Å². The third-order valence-electron chi connectivity index (χ3n) is 3.41. The zero-order chi connectivity index (χ0) is 29.3. The van der Waals surface area contributed by atoms with Crippen molar-refractivity contribution in [2.24, 2.45) is 0 Å². The minimum atomic E-state index is -1.00. The van der Waals surface area contributed by atoms with E-state index < -0.39 is 7.15 Å². The van der Waals surface area contributed by atoms with Gasteiger partial charge >= 0.3 is 138 Å². The van der Waals surface area contributed by atoms with Crippen LogP contribution in [0.4, 0.5) is 4.39 Å². The molecule has 13 nitrogen and oxygen atoms in total. The third kappa shape index (κ3) is 20.3. The second-order valence-electron chi connectivity index (χ2n) is 6.44. The van der Waals surface area contributed by atoms with Gasteiger partial charge in [-0.15, -0.1) is 5.10 Å². The Labute approximate surface area is 360 Å². The van der Waals surface area contributed by atoms with E-state index in [1.807, 2.05) is 27.7 Å². The van der Waals surface area contributed by atoms with Gasteiger partial charge in [0.2, 0.25) is 0 Å². The first-order valence-electron chi connectivity index (χ1n) is 10.6. The standard InChI is InChI=1S/C9H10ClN5.C5H4Cl2N2.C4H7N3.CH3F.CH2O3.2Cs.H/c1-5-12-8(10)4-9(13-5)15-7(3)11-6(2)14-15;1-3-8-4(6)2-5(7)9-3;1-3-5-4(2)7-6-3;1-2;2-1-4-3;;;/h4H,1-3H3;2H,1H3;1-2H3,(H,5,6,7);1H3;1,3H;;;/q;;;;;2*+1;-1/p-1/i;;;1D;;;;. The van der Waals surface area contributed by atoms with Crippen molar-refractivity contribution in [3.63, 3.8) is 0 Å². The average Bonchev–Trinajstić information content (AvgIpc) is 3.36. The Morgan fingerprint density at radius 2 is 1.36 bits per heavy atom. The topological polar surface area (TPSA) is 173 Å². The summed E-state index contributed by atoms with van der Waals surface area (Å²) in [4.78, 5) is 35.2. The number of nitrogens with zero attached hydrogens (tertiary/aromatic N) is 9. The number of hydrogen-bond acceptors (Lipinski definition) is 11. The molecule has 0 saturated heterocycles. The fourth-order valence-electron chi connectivity index (χ4n) is 2.31. The number of alkyl halides is 1. The zero-order valence-corrected chi connectivity index (χ0v) is 37.5. The molecule has 204 valence electrons. The van der Waals surface area contributed by atoms with Crippen LogP contribution in [0.1, 0.15) is 37.7 Å². The fourth-order valence-corrected chi connectivity index (χ4v) is 3.04. The third-order valence-corrected chi connectivity index (χ3v) is 3.99. The minimum absolute atomic E-state index is 0. The van der Waals surface area contributed by atoms with Crippen LogP contribution < -0.4 is 143 Å². The van der Waals surface area contributed by atoms with E-state index in [0.29, 0.717) is 38.8 Å². The van der Waals surface area contributed by atoms with Crippen LogP contribution in [0.3, 0.4) is 0 Å². The van der Waals surface area contributed by atoms with Crippen molar-refractivity contribution in [3.8, 4) is 5.82 Å². The number of H-pyrrole nitrogens is 1. The summed E-state index contributed by atoms with van der Waals surface area (Å²) in [6.07, 6.45) is 0. The normalized spacial score (nSPS) is 9.05. The van der Waals surface area contributed by atoms with Crippen LogP contribution in [0.25, 0.3) is 5.82 Å². The monoisotopic (exact) mass is 845 g/mol. The predicted octanol–water partition coefficient (Wildman–Crippen LogP) is -2.71. The Kier molecular flexibility index (Phi) is 27.2. The van der Waals surface area contributed by atoms with Gasteiger partial charge < -0.3 is 11.6 Å². The summed E-state index contributed by atoms with van der Waals surface area (Å²) < 4.78 is 17.1. The van der Waals surface area contributed by atoms with Crippen molar-refractivity contribution in [1.29, 1.82) is 0 Å². The van der Waals surface area contributed by atoms with E-state index in [1.54, 1.807) is 24.6 Å². The van der Waals surface area contributed by atoms with Gasteiger partial charge in [-0.05, 0) is 41.5 Å². The van der Waals surface area contributed by atoms with Crippen molar-refractivity contribution in [2.45, 2.75) is 41.5 Å². The fraction of sp³-hybridized carbons (Fsp3) is 0.350. The Balaban J connectivity index is -0.000000229.